The van der Waals surface area contributed by atoms with Crippen LogP contribution in [-0.2, 0) is 12.8 Å². The number of aryl methyl sites for hydroxylation is 2. The molecule has 0 aliphatic rings. The Morgan fingerprint density at radius 3 is 2.64 bits per heavy atom. The van der Waals surface area contributed by atoms with Crippen LogP contribution in [0.25, 0.3) is 22.2 Å². The highest BCUT2D eigenvalue weighted by Gasteiger charge is 2.11. The summed E-state index contributed by atoms with van der Waals surface area (Å²) in [5, 5.41) is 10.6. The molecular weight excluding hydrogens is 278 g/mol. The summed E-state index contributed by atoms with van der Waals surface area (Å²) in [6, 6.07) is 16.0. The van der Waals surface area contributed by atoms with E-state index in [1.54, 1.807) is 0 Å². The number of fused-ring (bicyclic) bond motifs is 2. The van der Waals surface area contributed by atoms with Crippen LogP contribution in [0.1, 0.15) is 11.1 Å². The van der Waals surface area contributed by atoms with Crippen molar-refractivity contribution in [2.75, 3.05) is 0 Å². The molecule has 4 rings (SSSR count). The highest BCUT2D eigenvalue weighted by Crippen LogP contribution is 2.18. The quantitative estimate of drug-likeness (QED) is 0.630. The van der Waals surface area contributed by atoms with E-state index in [0.29, 0.717) is 11.0 Å². The minimum absolute atomic E-state index is 0.147. The molecule has 5 nitrogen and oxygen atoms in total. The number of nitrogens with one attached hydrogen (secondary N) is 1. The van der Waals surface area contributed by atoms with Crippen molar-refractivity contribution in [3.63, 3.8) is 0 Å². The summed E-state index contributed by atoms with van der Waals surface area (Å²) < 4.78 is 5.58. The van der Waals surface area contributed by atoms with Gasteiger partial charge in [-0.15, -0.1) is 10.2 Å². The maximum Gasteiger partial charge on any atom is 0.270 e. The average molecular weight is 291 g/mol. The van der Waals surface area contributed by atoms with Gasteiger partial charge in [0.15, 0.2) is 5.52 Å². The second kappa shape index (κ2) is 5.11. The maximum atomic E-state index is 12.4. The van der Waals surface area contributed by atoms with E-state index in [0.717, 1.165) is 18.4 Å². The zero-order valence-electron chi connectivity index (χ0n) is 11.7. The Labute approximate surface area is 125 Å². The van der Waals surface area contributed by atoms with Crippen LogP contribution in [0.3, 0.4) is 0 Å². The molecular formula is C17H13N3O2. The first kappa shape index (κ1) is 12.8. The number of aromatic nitrogens is 3. The zero-order valence-corrected chi connectivity index (χ0v) is 11.7. The first-order valence-electron chi connectivity index (χ1n) is 7.11. The second-order valence-corrected chi connectivity index (χ2v) is 5.22. The standard InChI is InChI=1S/C17H13N3O2/c21-16-13-10-12(7-6-11-4-2-1-3-5-11)8-9-14(13)22-17-15(16)18-20-19-17/h1-5,8-10H,6-7H2,(H,18,19,20). The van der Waals surface area contributed by atoms with Gasteiger partial charge in [0.1, 0.15) is 5.58 Å². The fraction of sp³-hybridized carbons (Fsp3) is 0.118. The predicted molar refractivity (Wildman–Crippen MR) is 83.8 cm³/mol. The molecule has 0 saturated heterocycles. The van der Waals surface area contributed by atoms with E-state index < -0.39 is 0 Å². The zero-order chi connectivity index (χ0) is 14.9. The highest BCUT2D eigenvalue weighted by atomic mass is 16.3. The van der Waals surface area contributed by atoms with Crippen molar-refractivity contribution in [1.29, 1.82) is 0 Å². The van der Waals surface area contributed by atoms with Gasteiger partial charge in [-0.25, -0.2) is 0 Å². The molecule has 0 saturated carbocycles. The summed E-state index contributed by atoms with van der Waals surface area (Å²) in [4.78, 5) is 12.4. The Balaban J connectivity index is 1.72. The summed E-state index contributed by atoms with van der Waals surface area (Å²) in [7, 11) is 0. The lowest BCUT2D eigenvalue weighted by Gasteiger charge is -2.03. The number of H-pyrrole nitrogens is 1. The van der Waals surface area contributed by atoms with Gasteiger partial charge in [-0.1, -0.05) is 36.4 Å². The number of hydrogen-bond donors (Lipinski definition) is 1. The van der Waals surface area contributed by atoms with Crippen molar-refractivity contribution in [2.24, 2.45) is 0 Å². The first-order chi connectivity index (χ1) is 10.8. The van der Waals surface area contributed by atoms with Crippen LogP contribution in [0.2, 0.25) is 0 Å². The van der Waals surface area contributed by atoms with Crippen LogP contribution in [0, 0.1) is 0 Å². The molecule has 22 heavy (non-hydrogen) atoms. The Morgan fingerprint density at radius 2 is 1.77 bits per heavy atom. The van der Waals surface area contributed by atoms with Gasteiger partial charge in [0.25, 0.3) is 5.71 Å². The molecule has 1 N–H and O–H groups in total. The maximum absolute atomic E-state index is 12.4. The van der Waals surface area contributed by atoms with E-state index in [1.165, 1.54) is 5.56 Å². The Kier molecular flexibility index (Phi) is 2.96. The van der Waals surface area contributed by atoms with Gasteiger partial charge < -0.3 is 4.42 Å². The minimum atomic E-state index is -0.147. The fourth-order valence-corrected chi connectivity index (χ4v) is 2.60. The van der Waals surface area contributed by atoms with Crippen molar-refractivity contribution in [2.45, 2.75) is 12.8 Å². The summed E-state index contributed by atoms with van der Waals surface area (Å²) in [6.07, 6.45) is 1.81. The molecule has 0 fully saturated rings. The van der Waals surface area contributed by atoms with E-state index in [-0.39, 0.29) is 16.7 Å². The van der Waals surface area contributed by atoms with Crippen molar-refractivity contribution in [3.8, 4) is 0 Å². The Bertz CT molecular complexity index is 1000. The van der Waals surface area contributed by atoms with Crippen LogP contribution in [-0.4, -0.2) is 15.4 Å². The molecule has 0 radical (unpaired) electrons. The molecule has 0 unspecified atom stereocenters. The molecule has 108 valence electrons. The molecule has 0 atom stereocenters. The van der Waals surface area contributed by atoms with Gasteiger partial charge in [0.2, 0.25) is 5.43 Å². The van der Waals surface area contributed by atoms with Crippen LogP contribution in [0.15, 0.2) is 57.7 Å². The van der Waals surface area contributed by atoms with E-state index in [9.17, 15) is 4.79 Å². The first-order valence-corrected chi connectivity index (χ1v) is 7.11. The van der Waals surface area contributed by atoms with Crippen LogP contribution >= 0.6 is 0 Å². The number of nitrogens with zero attached hydrogens (tertiary/aromatic N) is 2. The summed E-state index contributed by atoms with van der Waals surface area (Å²) >= 11 is 0. The van der Waals surface area contributed by atoms with Crippen molar-refractivity contribution in [3.05, 3.63) is 69.9 Å². The Morgan fingerprint density at radius 1 is 0.955 bits per heavy atom. The fourth-order valence-electron chi connectivity index (χ4n) is 2.60. The molecule has 2 heterocycles. The van der Waals surface area contributed by atoms with Crippen LogP contribution in [0.5, 0.6) is 0 Å². The normalized spacial score (nSPS) is 11.3. The van der Waals surface area contributed by atoms with Gasteiger partial charge in [-0.05, 0) is 36.1 Å². The third-order valence-corrected chi connectivity index (χ3v) is 3.77. The third kappa shape index (κ3) is 2.16. The molecule has 0 aliphatic carbocycles. The van der Waals surface area contributed by atoms with Crippen molar-refractivity contribution >= 4 is 22.2 Å². The second-order valence-electron chi connectivity index (χ2n) is 5.22. The number of aromatic amines is 1. The molecule has 4 aromatic rings. The van der Waals surface area contributed by atoms with Gasteiger partial charge >= 0.3 is 0 Å². The van der Waals surface area contributed by atoms with Crippen LogP contribution < -0.4 is 5.43 Å². The lowest BCUT2D eigenvalue weighted by Crippen LogP contribution is -2.03. The molecule has 0 amide bonds. The van der Waals surface area contributed by atoms with Gasteiger partial charge in [0, 0.05) is 0 Å². The topological polar surface area (TPSA) is 71.8 Å². The van der Waals surface area contributed by atoms with Crippen molar-refractivity contribution in [1.82, 2.24) is 15.4 Å². The van der Waals surface area contributed by atoms with Gasteiger partial charge in [0.05, 0.1) is 5.39 Å². The lowest BCUT2D eigenvalue weighted by molar-refractivity contribution is 0.641. The van der Waals surface area contributed by atoms with Gasteiger partial charge in [-0.3, -0.25) is 4.79 Å². The van der Waals surface area contributed by atoms with E-state index in [1.807, 2.05) is 36.4 Å². The molecule has 0 spiro atoms. The summed E-state index contributed by atoms with van der Waals surface area (Å²) in [6.45, 7) is 0. The smallest absolute Gasteiger partial charge is 0.270 e. The predicted octanol–water partition coefficient (Wildman–Crippen LogP) is 2.85. The highest BCUT2D eigenvalue weighted by molar-refractivity contribution is 5.86. The van der Waals surface area contributed by atoms with E-state index in [4.69, 9.17) is 4.42 Å². The van der Waals surface area contributed by atoms with E-state index >= 15 is 0 Å². The van der Waals surface area contributed by atoms with Crippen molar-refractivity contribution < 1.29 is 4.42 Å². The number of benzene rings is 2. The minimum Gasteiger partial charge on any atom is -0.435 e. The summed E-state index contributed by atoms with van der Waals surface area (Å²) in [5.41, 5.74) is 3.26. The molecule has 2 aromatic heterocycles. The SMILES string of the molecule is O=c1c2cc(CCc3ccccc3)ccc2oc2n[nH]nc12. The average Bonchev–Trinajstić information content (AvgIpc) is 3.03. The molecule has 0 aliphatic heterocycles. The van der Waals surface area contributed by atoms with Gasteiger partial charge in [-0.2, -0.15) is 5.21 Å². The molecule has 2 aromatic carbocycles. The summed E-state index contributed by atoms with van der Waals surface area (Å²) in [5.74, 6) is 0. The monoisotopic (exact) mass is 291 g/mol. The lowest BCUT2D eigenvalue weighted by atomic mass is 10.0. The van der Waals surface area contributed by atoms with E-state index in [2.05, 4.69) is 27.5 Å². The molecule has 0 bridgehead atoms. The number of hydrogen-bond acceptors (Lipinski definition) is 4. The number of rotatable bonds is 3. The Hall–Kier alpha value is -2.95. The molecule has 5 heteroatoms. The third-order valence-electron chi connectivity index (χ3n) is 3.77. The largest absolute Gasteiger partial charge is 0.435 e. The van der Waals surface area contributed by atoms with Crippen LogP contribution in [0.4, 0.5) is 0 Å².